The van der Waals surface area contributed by atoms with Crippen molar-refractivity contribution in [2.75, 3.05) is 0 Å². The van der Waals surface area contributed by atoms with E-state index in [1.54, 1.807) is 11.3 Å². The van der Waals surface area contributed by atoms with Gasteiger partial charge in [-0.25, -0.2) is 4.98 Å². The second kappa shape index (κ2) is 5.57. The van der Waals surface area contributed by atoms with Crippen LogP contribution in [0.25, 0.3) is 0 Å². The highest BCUT2D eigenvalue weighted by Gasteiger charge is 2.23. The molecular formula is C13H14Cl2N2S. The SMILES string of the molecule is CC(C)(NCc1c(Cl)cccc1Cl)c1nccs1. The maximum atomic E-state index is 6.15. The van der Waals surface area contributed by atoms with E-state index >= 15 is 0 Å². The lowest BCUT2D eigenvalue weighted by molar-refractivity contribution is 0.399. The molecule has 96 valence electrons. The van der Waals surface area contributed by atoms with Gasteiger partial charge >= 0.3 is 0 Å². The van der Waals surface area contributed by atoms with Gasteiger partial charge in [0.2, 0.25) is 0 Å². The zero-order chi connectivity index (χ0) is 13.2. The van der Waals surface area contributed by atoms with Crippen molar-refractivity contribution >= 4 is 34.5 Å². The van der Waals surface area contributed by atoms with Gasteiger partial charge in [0.15, 0.2) is 0 Å². The molecule has 1 heterocycles. The van der Waals surface area contributed by atoms with Crippen molar-refractivity contribution < 1.29 is 0 Å². The van der Waals surface area contributed by atoms with Gasteiger partial charge in [-0.05, 0) is 26.0 Å². The molecule has 1 N–H and O–H groups in total. The Labute approximate surface area is 121 Å². The van der Waals surface area contributed by atoms with Gasteiger partial charge in [-0.15, -0.1) is 11.3 Å². The van der Waals surface area contributed by atoms with Crippen molar-refractivity contribution in [3.8, 4) is 0 Å². The molecule has 2 aromatic rings. The minimum absolute atomic E-state index is 0.198. The zero-order valence-electron chi connectivity index (χ0n) is 10.2. The van der Waals surface area contributed by atoms with Gasteiger partial charge in [0.1, 0.15) is 5.01 Å². The molecule has 0 saturated carbocycles. The van der Waals surface area contributed by atoms with Gasteiger partial charge in [-0.2, -0.15) is 0 Å². The van der Waals surface area contributed by atoms with Gasteiger partial charge in [-0.1, -0.05) is 29.3 Å². The molecule has 0 unspecified atom stereocenters. The summed E-state index contributed by atoms with van der Waals surface area (Å²) < 4.78 is 0. The fourth-order valence-electron chi connectivity index (χ4n) is 1.62. The standard InChI is InChI=1S/C13H14Cl2N2S/c1-13(2,12-16-6-7-18-12)17-8-9-10(14)4-3-5-11(9)15/h3-7,17H,8H2,1-2H3. The Bertz CT molecular complexity index is 504. The Balaban J connectivity index is 2.12. The fraction of sp³-hybridized carbons (Fsp3) is 0.308. The lowest BCUT2D eigenvalue weighted by atomic mass is 10.1. The van der Waals surface area contributed by atoms with Gasteiger partial charge in [0.05, 0.1) is 5.54 Å². The third kappa shape index (κ3) is 3.04. The maximum Gasteiger partial charge on any atom is 0.112 e. The molecule has 18 heavy (non-hydrogen) atoms. The van der Waals surface area contributed by atoms with E-state index in [2.05, 4.69) is 24.1 Å². The van der Waals surface area contributed by atoms with Crippen LogP contribution in [0.1, 0.15) is 24.4 Å². The van der Waals surface area contributed by atoms with Gasteiger partial charge in [0.25, 0.3) is 0 Å². The molecule has 1 aromatic carbocycles. The van der Waals surface area contributed by atoms with Crippen LogP contribution in [0.15, 0.2) is 29.8 Å². The Morgan fingerprint density at radius 1 is 1.28 bits per heavy atom. The zero-order valence-corrected chi connectivity index (χ0v) is 12.5. The van der Waals surface area contributed by atoms with Crippen LogP contribution in [0.3, 0.4) is 0 Å². The fourth-order valence-corrected chi connectivity index (χ4v) is 2.89. The molecule has 0 saturated heterocycles. The third-order valence-electron chi connectivity index (χ3n) is 2.74. The van der Waals surface area contributed by atoms with Crippen LogP contribution in [0, 0.1) is 0 Å². The number of nitrogens with one attached hydrogen (secondary N) is 1. The molecule has 2 nitrogen and oxygen atoms in total. The largest absolute Gasteiger partial charge is 0.302 e. The topological polar surface area (TPSA) is 24.9 Å². The highest BCUT2D eigenvalue weighted by atomic mass is 35.5. The summed E-state index contributed by atoms with van der Waals surface area (Å²) in [6, 6.07) is 5.54. The number of thiazole rings is 1. The Kier molecular flexibility index (Phi) is 4.28. The quantitative estimate of drug-likeness (QED) is 0.901. The predicted molar refractivity (Wildman–Crippen MR) is 78.4 cm³/mol. The van der Waals surface area contributed by atoms with E-state index in [9.17, 15) is 0 Å². The Hall–Kier alpha value is -0.610. The minimum Gasteiger partial charge on any atom is -0.302 e. The van der Waals surface area contributed by atoms with Crippen molar-refractivity contribution in [1.82, 2.24) is 10.3 Å². The van der Waals surface area contributed by atoms with Crippen LogP contribution >= 0.6 is 34.5 Å². The summed E-state index contributed by atoms with van der Waals surface area (Å²) in [5.74, 6) is 0. The molecule has 1 aromatic heterocycles. The van der Waals surface area contributed by atoms with Crippen LogP contribution in [0.2, 0.25) is 10.0 Å². The molecule has 0 aliphatic heterocycles. The van der Waals surface area contributed by atoms with Crippen molar-refractivity contribution in [3.63, 3.8) is 0 Å². The van der Waals surface area contributed by atoms with E-state index in [1.165, 1.54) is 0 Å². The van der Waals surface area contributed by atoms with E-state index < -0.39 is 0 Å². The maximum absolute atomic E-state index is 6.15. The number of benzene rings is 1. The summed E-state index contributed by atoms with van der Waals surface area (Å²) in [7, 11) is 0. The van der Waals surface area contributed by atoms with Crippen molar-refractivity contribution in [3.05, 3.63) is 50.4 Å². The highest BCUT2D eigenvalue weighted by Crippen LogP contribution is 2.27. The smallest absolute Gasteiger partial charge is 0.112 e. The van der Waals surface area contributed by atoms with Crippen LogP contribution in [0.5, 0.6) is 0 Å². The number of aromatic nitrogens is 1. The normalized spacial score (nSPS) is 11.8. The van der Waals surface area contributed by atoms with E-state index in [0.717, 1.165) is 10.6 Å². The predicted octanol–water partition coefficient (Wildman–Crippen LogP) is 4.47. The summed E-state index contributed by atoms with van der Waals surface area (Å²) >= 11 is 13.9. The third-order valence-corrected chi connectivity index (χ3v) is 4.54. The lowest BCUT2D eigenvalue weighted by Crippen LogP contribution is -2.36. The Morgan fingerprint density at radius 2 is 1.94 bits per heavy atom. The monoisotopic (exact) mass is 300 g/mol. The first-order valence-electron chi connectivity index (χ1n) is 5.58. The molecule has 0 aliphatic rings. The molecule has 0 aliphatic carbocycles. The molecule has 0 amide bonds. The number of rotatable bonds is 4. The summed E-state index contributed by atoms with van der Waals surface area (Å²) in [6.45, 7) is 4.80. The number of nitrogens with zero attached hydrogens (tertiary/aromatic N) is 1. The molecular weight excluding hydrogens is 287 g/mol. The number of halogens is 2. The summed E-state index contributed by atoms with van der Waals surface area (Å²) in [6.07, 6.45) is 1.81. The van der Waals surface area contributed by atoms with Crippen molar-refractivity contribution in [2.45, 2.75) is 25.9 Å². The van der Waals surface area contributed by atoms with Crippen molar-refractivity contribution in [2.24, 2.45) is 0 Å². The van der Waals surface area contributed by atoms with Gasteiger partial charge in [-0.3, -0.25) is 0 Å². The average Bonchev–Trinajstić information content (AvgIpc) is 2.82. The average molecular weight is 301 g/mol. The summed E-state index contributed by atoms with van der Waals surface area (Å²) in [4.78, 5) is 4.34. The summed E-state index contributed by atoms with van der Waals surface area (Å²) in [5.41, 5.74) is 0.724. The number of hydrogen-bond donors (Lipinski definition) is 1. The van der Waals surface area contributed by atoms with Crippen LogP contribution < -0.4 is 5.32 Å². The Morgan fingerprint density at radius 3 is 2.50 bits per heavy atom. The first-order chi connectivity index (χ1) is 8.50. The van der Waals surface area contributed by atoms with Gasteiger partial charge < -0.3 is 5.32 Å². The van der Waals surface area contributed by atoms with Crippen LogP contribution in [0.4, 0.5) is 0 Å². The minimum atomic E-state index is -0.198. The van der Waals surface area contributed by atoms with E-state index in [0.29, 0.717) is 16.6 Å². The van der Waals surface area contributed by atoms with Crippen LogP contribution in [-0.4, -0.2) is 4.98 Å². The molecule has 0 radical (unpaired) electrons. The lowest BCUT2D eigenvalue weighted by Gasteiger charge is -2.24. The molecule has 0 fully saturated rings. The van der Waals surface area contributed by atoms with Crippen molar-refractivity contribution in [1.29, 1.82) is 0 Å². The first kappa shape index (κ1) is 13.8. The molecule has 0 spiro atoms. The van der Waals surface area contributed by atoms with Crippen LogP contribution in [-0.2, 0) is 12.1 Å². The molecule has 0 bridgehead atoms. The molecule has 2 rings (SSSR count). The summed E-state index contributed by atoms with van der Waals surface area (Å²) in [5, 5.41) is 7.83. The molecule has 0 atom stereocenters. The van der Waals surface area contributed by atoms with E-state index in [1.807, 2.05) is 29.8 Å². The van der Waals surface area contributed by atoms with Gasteiger partial charge in [0, 0.05) is 33.7 Å². The first-order valence-corrected chi connectivity index (χ1v) is 7.22. The second-order valence-corrected chi connectivity index (χ2v) is 6.22. The second-order valence-electron chi connectivity index (χ2n) is 4.52. The van der Waals surface area contributed by atoms with E-state index in [4.69, 9.17) is 23.2 Å². The van der Waals surface area contributed by atoms with E-state index in [-0.39, 0.29) is 5.54 Å². The highest BCUT2D eigenvalue weighted by molar-refractivity contribution is 7.09. The number of hydrogen-bond acceptors (Lipinski definition) is 3. The molecule has 5 heteroatoms.